The minimum Gasteiger partial charge on any atom is -0.462 e. The van der Waals surface area contributed by atoms with Crippen LogP contribution in [0.5, 0.6) is 0 Å². The van der Waals surface area contributed by atoms with Gasteiger partial charge in [-0.25, -0.2) is 4.79 Å². The SMILES string of the molecule is CC(C)COC(=O)c1ccc(NC(=O)COC(=O)[C@@H]2[C@@H]3C[C@H]4[C@@H]2C(=O)O[C@@H]4C3)cc1. The van der Waals surface area contributed by atoms with Crippen molar-refractivity contribution in [3.63, 3.8) is 0 Å². The number of benzene rings is 1. The van der Waals surface area contributed by atoms with Gasteiger partial charge < -0.3 is 19.5 Å². The van der Waals surface area contributed by atoms with Crippen LogP contribution in [0.3, 0.4) is 0 Å². The number of fused-ring (bicyclic) bond motifs is 1. The fraction of sp³-hybridized carbons (Fsp3) is 0.545. The van der Waals surface area contributed by atoms with Gasteiger partial charge in [0, 0.05) is 11.6 Å². The first-order chi connectivity index (χ1) is 14.3. The summed E-state index contributed by atoms with van der Waals surface area (Å²) >= 11 is 0. The number of ether oxygens (including phenoxy) is 3. The summed E-state index contributed by atoms with van der Waals surface area (Å²) in [7, 11) is 0. The number of amides is 1. The third-order valence-corrected chi connectivity index (χ3v) is 6.05. The molecule has 1 N–H and O–H groups in total. The summed E-state index contributed by atoms with van der Waals surface area (Å²) in [4.78, 5) is 48.5. The van der Waals surface area contributed by atoms with Crippen LogP contribution in [0, 0.1) is 29.6 Å². The molecule has 160 valence electrons. The van der Waals surface area contributed by atoms with Crippen molar-refractivity contribution in [2.24, 2.45) is 29.6 Å². The molecule has 1 aromatic rings. The number of carbonyl (C=O) groups excluding carboxylic acids is 4. The highest BCUT2D eigenvalue weighted by Gasteiger charge is 2.64. The molecule has 3 aliphatic rings. The van der Waals surface area contributed by atoms with Gasteiger partial charge in [0.15, 0.2) is 6.61 Å². The first kappa shape index (κ1) is 20.4. The molecular formula is C22H25NO7. The molecule has 2 saturated carbocycles. The highest BCUT2D eigenvalue weighted by molar-refractivity contribution is 5.95. The average molecular weight is 415 g/mol. The van der Waals surface area contributed by atoms with Crippen LogP contribution in [-0.4, -0.2) is 43.1 Å². The van der Waals surface area contributed by atoms with Gasteiger partial charge in [0.05, 0.1) is 24.0 Å². The van der Waals surface area contributed by atoms with E-state index in [1.807, 2.05) is 13.8 Å². The number of esters is 3. The zero-order chi connectivity index (χ0) is 21.4. The molecule has 1 amide bonds. The number of hydrogen-bond acceptors (Lipinski definition) is 7. The molecule has 1 aromatic carbocycles. The predicted molar refractivity (Wildman–Crippen MR) is 104 cm³/mol. The standard InChI is InChI=1S/C22H25NO7/c1-11(2)9-28-20(25)12-3-5-14(6-4-12)23-17(24)10-29-21(26)18-13-7-15-16(8-13)30-22(27)19(15)18/h3-6,11,13,15-16,18-19H,7-10H2,1-2H3,(H,23,24)/t13-,15-,16-,18-,19+/m1/s1. The Kier molecular flexibility index (Phi) is 5.49. The van der Waals surface area contributed by atoms with E-state index in [4.69, 9.17) is 14.2 Å². The number of carbonyl (C=O) groups is 4. The molecule has 8 heteroatoms. The van der Waals surface area contributed by atoms with Gasteiger partial charge >= 0.3 is 17.9 Å². The summed E-state index contributed by atoms with van der Waals surface area (Å²) in [5, 5.41) is 2.62. The van der Waals surface area contributed by atoms with Crippen LogP contribution in [0.25, 0.3) is 0 Å². The predicted octanol–water partition coefficient (Wildman–Crippen LogP) is 2.18. The lowest BCUT2D eigenvalue weighted by atomic mass is 9.80. The molecule has 5 atom stereocenters. The summed E-state index contributed by atoms with van der Waals surface area (Å²) in [6.07, 6.45) is 1.45. The van der Waals surface area contributed by atoms with Gasteiger partial charge in [0.2, 0.25) is 0 Å². The monoisotopic (exact) mass is 415 g/mol. The second-order valence-corrected chi connectivity index (χ2v) is 8.65. The van der Waals surface area contributed by atoms with Gasteiger partial charge in [-0.05, 0) is 48.9 Å². The topological polar surface area (TPSA) is 108 Å². The molecule has 1 aliphatic heterocycles. The van der Waals surface area contributed by atoms with Crippen molar-refractivity contribution in [2.75, 3.05) is 18.5 Å². The molecule has 0 unspecified atom stereocenters. The number of anilines is 1. The van der Waals surface area contributed by atoms with Gasteiger partial charge in [-0.2, -0.15) is 0 Å². The smallest absolute Gasteiger partial charge is 0.338 e. The molecule has 8 nitrogen and oxygen atoms in total. The van der Waals surface area contributed by atoms with E-state index in [0.717, 1.165) is 6.42 Å². The van der Waals surface area contributed by atoms with Crippen LogP contribution in [0.4, 0.5) is 5.69 Å². The minimum atomic E-state index is -0.511. The van der Waals surface area contributed by atoms with Gasteiger partial charge in [-0.15, -0.1) is 0 Å². The van der Waals surface area contributed by atoms with Crippen molar-refractivity contribution in [2.45, 2.75) is 32.8 Å². The lowest BCUT2D eigenvalue weighted by molar-refractivity contribution is -0.157. The first-order valence-corrected chi connectivity index (χ1v) is 10.3. The molecule has 0 spiro atoms. The van der Waals surface area contributed by atoms with Gasteiger partial charge in [-0.3, -0.25) is 14.4 Å². The minimum absolute atomic E-state index is 0.0505. The van der Waals surface area contributed by atoms with Crippen LogP contribution in [0.2, 0.25) is 0 Å². The summed E-state index contributed by atoms with van der Waals surface area (Å²) in [6, 6.07) is 6.27. The van der Waals surface area contributed by atoms with Gasteiger partial charge in [-0.1, -0.05) is 13.8 Å². The van der Waals surface area contributed by atoms with Crippen LogP contribution in [0.1, 0.15) is 37.0 Å². The molecular weight excluding hydrogens is 390 g/mol. The summed E-state index contributed by atoms with van der Waals surface area (Å²) in [5.41, 5.74) is 0.858. The van der Waals surface area contributed by atoms with Crippen LogP contribution in [-0.2, 0) is 28.6 Å². The van der Waals surface area contributed by atoms with Crippen LogP contribution in [0.15, 0.2) is 24.3 Å². The van der Waals surface area contributed by atoms with Crippen LogP contribution < -0.4 is 5.32 Å². The van der Waals surface area contributed by atoms with E-state index in [-0.39, 0.29) is 29.8 Å². The highest BCUT2D eigenvalue weighted by atomic mass is 16.6. The third kappa shape index (κ3) is 3.91. The van der Waals surface area contributed by atoms with E-state index in [9.17, 15) is 19.2 Å². The van der Waals surface area contributed by atoms with Crippen molar-refractivity contribution < 1.29 is 33.4 Å². The zero-order valence-corrected chi connectivity index (χ0v) is 17.0. The Balaban J connectivity index is 1.26. The quantitative estimate of drug-likeness (QED) is 0.537. The third-order valence-electron chi connectivity index (χ3n) is 6.05. The highest BCUT2D eigenvalue weighted by Crippen LogP contribution is 2.57. The second-order valence-electron chi connectivity index (χ2n) is 8.65. The Labute approximate surface area is 174 Å². The first-order valence-electron chi connectivity index (χ1n) is 10.3. The Morgan fingerprint density at radius 1 is 1.13 bits per heavy atom. The molecule has 1 heterocycles. The Morgan fingerprint density at radius 2 is 1.87 bits per heavy atom. The molecule has 3 fully saturated rings. The fourth-order valence-corrected chi connectivity index (χ4v) is 4.77. The zero-order valence-electron chi connectivity index (χ0n) is 17.0. The van der Waals surface area contributed by atoms with Crippen LogP contribution >= 0.6 is 0 Å². The van der Waals surface area contributed by atoms with Gasteiger partial charge in [0.1, 0.15) is 6.10 Å². The normalized spacial score (nSPS) is 28.4. The van der Waals surface area contributed by atoms with Crippen molar-refractivity contribution in [1.29, 1.82) is 0 Å². The van der Waals surface area contributed by atoms with E-state index in [0.29, 0.717) is 24.3 Å². The number of rotatable bonds is 7. The van der Waals surface area contributed by atoms with Crippen molar-refractivity contribution in [3.05, 3.63) is 29.8 Å². The maximum absolute atomic E-state index is 12.5. The molecule has 0 aromatic heterocycles. The molecule has 0 radical (unpaired) electrons. The van der Waals surface area contributed by atoms with Gasteiger partial charge in [0.25, 0.3) is 5.91 Å². The largest absolute Gasteiger partial charge is 0.462 e. The van der Waals surface area contributed by atoms with E-state index in [2.05, 4.69) is 5.32 Å². The molecule has 2 bridgehead atoms. The molecule has 30 heavy (non-hydrogen) atoms. The Hall–Kier alpha value is -2.90. The van der Waals surface area contributed by atoms with Crippen molar-refractivity contribution in [1.82, 2.24) is 0 Å². The average Bonchev–Trinajstić information content (AvgIpc) is 3.33. The van der Waals surface area contributed by atoms with E-state index < -0.39 is 36.3 Å². The summed E-state index contributed by atoms with van der Waals surface area (Å²) in [5.74, 6) is -2.23. The lowest BCUT2D eigenvalue weighted by Gasteiger charge is -2.22. The number of hydrogen-bond donors (Lipinski definition) is 1. The van der Waals surface area contributed by atoms with E-state index in [1.165, 1.54) is 0 Å². The van der Waals surface area contributed by atoms with Crippen molar-refractivity contribution in [3.8, 4) is 0 Å². The molecule has 2 aliphatic carbocycles. The van der Waals surface area contributed by atoms with Crippen molar-refractivity contribution >= 4 is 29.5 Å². The second kappa shape index (κ2) is 8.08. The Morgan fingerprint density at radius 3 is 2.57 bits per heavy atom. The summed E-state index contributed by atoms with van der Waals surface area (Å²) < 4.78 is 15.7. The van der Waals surface area contributed by atoms with E-state index in [1.54, 1.807) is 24.3 Å². The maximum Gasteiger partial charge on any atom is 0.338 e. The lowest BCUT2D eigenvalue weighted by Crippen LogP contribution is -2.34. The maximum atomic E-state index is 12.5. The Bertz CT molecular complexity index is 861. The van der Waals surface area contributed by atoms with E-state index >= 15 is 0 Å². The molecule has 4 rings (SSSR count). The molecule has 1 saturated heterocycles. The number of nitrogens with one attached hydrogen (secondary N) is 1. The fourth-order valence-electron chi connectivity index (χ4n) is 4.77. The summed E-state index contributed by atoms with van der Waals surface area (Å²) in [6.45, 7) is 3.80.